The van der Waals surface area contributed by atoms with Crippen molar-refractivity contribution in [3.8, 4) is 0 Å². The van der Waals surface area contributed by atoms with Gasteiger partial charge in [-0.3, -0.25) is 9.59 Å². The summed E-state index contributed by atoms with van der Waals surface area (Å²) in [6.45, 7) is 11.8. The molecule has 0 radical (unpaired) electrons. The molecule has 6 heteroatoms. The van der Waals surface area contributed by atoms with E-state index in [1.165, 1.54) is 0 Å². The Bertz CT molecular complexity index is 518. The molecule has 1 rings (SSSR count). The van der Waals surface area contributed by atoms with E-state index < -0.39 is 5.97 Å². The summed E-state index contributed by atoms with van der Waals surface area (Å²) < 4.78 is 22.0. The van der Waals surface area contributed by atoms with Crippen LogP contribution in [0.1, 0.15) is 79.6 Å². The monoisotopic (exact) mass is 412 g/mol. The van der Waals surface area contributed by atoms with Crippen molar-refractivity contribution in [2.24, 2.45) is 5.41 Å². The number of hydrogen-bond donors (Lipinski definition) is 0. The van der Waals surface area contributed by atoms with Crippen molar-refractivity contribution in [1.82, 2.24) is 0 Å². The number of esters is 2. The van der Waals surface area contributed by atoms with Gasteiger partial charge in [-0.05, 0) is 52.9 Å². The zero-order valence-electron chi connectivity index (χ0n) is 19.0. The Morgan fingerprint density at radius 1 is 0.897 bits per heavy atom. The molecule has 0 spiro atoms. The van der Waals surface area contributed by atoms with Crippen molar-refractivity contribution in [2.75, 3.05) is 26.4 Å². The molecule has 1 aliphatic rings. The Kier molecular flexibility index (Phi) is 11.5. The number of carbonyl (C=O) groups excluding carboxylic acids is 2. The molecular formula is C23H40O6. The minimum absolute atomic E-state index is 0.0381. The second-order valence-electron chi connectivity index (χ2n) is 9.43. The van der Waals surface area contributed by atoms with E-state index in [0.717, 1.165) is 32.1 Å². The zero-order valence-corrected chi connectivity index (χ0v) is 19.0. The summed E-state index contributed by atoms with van der Waals surface area (Å²) in [6.07, 6.45) is 9.09. The molecule has 0 N–H and O–H groups in total. The maximum absolute atomic E-state index is 11.9. The average molecular weight is 413 g/mol. The van der Waals surface area contributed by atoms with Crippen molar-refractivity contribution in [2.45, 2.75) is 91.3 Å². The highest BCUT2D eigenvalue weighted by molar-refractivity contribution is 5.77. The van der Waals surface area contributed by atoms with Crippen LogP contribution in [0.5, 0.6) is 0 Å². The molecule has 6 nitrogen and oxygen atoms in total. The van der Waals surface area contributed by atoms with E-state index in [9.17, 15) is 9.59 Å². The van der Waals surface area contributed by atoms with Gasteiger partial charge < -0.3 is 18.9 Å². The minimum atomic E-state index is -0.401. The summed E-state index contributed by atoms with van der Waals surface area (Å²) >= 11 is 0. The van der Waals surface area contributed by atoms with Gasteiger partial charge in [0.05, 0.1) is 38.3 Å². The lowest BCUT2D eigenvalue weighted by molar-refractivity contribution is -0.154. The molecule has 1 aliphatic carbocycles. The van der Waals surface area contributed by atoms with E-state index in [4.69, 9.17) is 18.9 Å². The number of hydrogen-bond acceptors (Lipinski definition) is 6. The Balaban J connectivity index is 2.10. The molecule has 0 aromatic rings. The van der Waals surface area contributed by atoms with Gasteiger partial charge in [-0.2, -0.15) is 0 Å². The van der Waals surface area contributed by atoms with Crippen LogP contribution in [0.25, 0.3) is 0 Å². The molecule has 1 unspecified atom stereocenters. The molecule has 0 aromatic heterocycles. The summed E-state index contributed by atoms with van der Waals surface area (Å²) in [7, 11) is 0. The highest BCUT2D eigenvalue weighted by Crippen LogP contribution is 2.20. The molecule has 0 amide bonds. The van der Waals surface area contributed by atoms with Crippen molar-refractivity contribution in [3.63, 3.8) is 0 Å². The third-order valence-electron chi connectivity index (χ3n) is 4.43. The van der Waals surface area contributed by atoms with Crippen molar-refractivity contribution >= 4 is 11.9 Å². The lowest BCUT2D eigenvalue weighted by atomic mass is 9.96. The van der Waals surface area contributed by atoms with Gasteiger partial charge in [-0.25, -0.2) is 0 Å². The zero-order chi connectivity index (χ0) is 21.8. The Hall–Kier alpha value is -1.40. The van der Waals surface area contributed by atoms with Crippen LogP contribution in [0.3, 0.4) is 0 Å². The first-order chi connectivity index (χ1) is 13.6. The highest BCUT2D eigenvalue weighted by atomic mass is 16.6. The van der Waals surface area contributed by atoms with Crippen LogP contribution in [0.2, 0.25) is 0 Å². The van der Waals surface area contributed by atoms with Crippen LogP contribution in [0, 0.1) is 5.41 Å². The number of ether oxygens (including phenoxy) is 4. The topological polar surface area (TPSA) is 71.1 Å². The van der Waals surface area contributed by atoms with Gasteiger partial charge in [-0.1, -0.05) is 26.0 Å². The van der Waals surface area contributed by atoms with Crippen molar-refractivity contribution in [1.29, 1.82) is 0 Å². The Morgan fingerprint density at radius 2 is 1.59 bits per heavy atom. The molecule has 0 saturated heterocycles. The van der Waals surface area contributed by atoms with Gasteiger partial charge in [0.2, 0.25) is 0 Å². The number of carbonyl (C=O) groups is 2. The van der Waals surface area contributed by atoms with Crippen LogP contribution in [0.15, 0.2) is 12.2 Å². The molecule has 0 heterocycles. The SMILES string of the molecule is CC(C)(COCCOC(=O)CCC(=O)OC1CC/C=C\CCC1)COC(C)(C)C. The first-order valence-corrected chi connectivity index (χ1v) is 10.8. The number of rotatable bonds is 11. The van der Waals surface area contributed by atoms with E-state index in [0.29, 0.717) is 19.8 Å². The molecule has 29 heavy (non-hydrogen) atoms. The minimum Gasteiger partial charge on any atom is -0.463 e. The second-order valence-corrected chi connectivity index (χ2v) is 9.43. The fourth-order valence-corrected chi connectivity index (χ4v) is 2.78. The van der Waals surface area contributed by atoms with Crippen LogP contribution in [-0.2, 0) is 28.5 Å². The summed E-state index contributed by atoms with van der Waals surface area (Å²) in [5.74, 6) is -0.727. The molecule has 0 fully saturated rings. The third kappa shape index (κ3) is 14.3. The fraction of sp³-hybridized carbons (Fsp3) is 0.826. The van der Waals surface area contributed by atoms with Crippen molar-refractivity contribution in [3.05, 3.63) is 12.2 Å². The molecule has 0 aromatic carbocycles. The molecule has 0 saturated carbocycles. The van der Waals surface area contributed by atoms with E-state index in [-0.39, 0.29) is 42.5 Å². The maximum atomic E-state index is 11.9. The predicted octanol–water partition coefficient (Wildman–Crippen LogP) is 4.60. The first kappa shape index (κ1) is 25.6. The molecule has 1 atom stereocenters. The van der Waals surface area contributed by atoms with Crippen LogP contribution >= 0.6 is 0 Å². The lowest BCUT2D eigenvalue weighted by Crippen LogP contribution is -2.31. The van der Waals surface area contributed by atoms with Gasteiger partial charge in [-0.15, -0.1) is 0 Å². The van der Waals surface area contributed by atoms with Gasteiger partial charge in [0.25, 0.3) is 0 Å². The number of allylic oxidation sites excluding steroid dienone is 2. The smallest absolute Gasteiger partial charge is 0.306 e. The quantitative estimate of drug-likeness (QED) is 0.281. The predicted molar refractivity (Wildman–Crippen MR) is 113 cm³/mol. The van der Waals surface area contributed by atoms with E-state index >= 15 is 0 Å². The van der Waals surface area contributed by atoms with Crippen LogP contribution < -0.4 is 0 Å². The lowest BCUT2D eigenvalue weighted by Gasteiger charge is -2.29. The average Bonchev–Trinajstić information content (AvgIpc) is 2.60. The third-order valence-corrected chi connectivity index (χ3v) is 4.43. The summed E-state index contributed by atoms with van der Waals surface area (Å²) in [5, 5.41) is 0. The largest absolute Gasteiger partial charge is 0.463 e. The van der Waals surface area contributed by atoms with Gasteiger partial charge in [0.1, 0.15) is 12.7 Å². The van der Waals surface area contributed by atoms with Gasteiger partial charge >= 0.3 is 11.9 Å². The van der Waals surface area contributed by atoms with E-state index in [1.54, 1.807) is 0 Å². The highest BCUT2D eigenvalue weighted by Gasteiger charge is 2.22. The normalized spacial score (nSPS) is 19.1. The van der Waals surface area contributed by atoms with E-state index in [2.05, 4.69) is 26.0 Å². The van der Waals surface area contributed by atoms with Gasteiger partial charge in [0.15, 0.2) is 0 Å². The van der Waals surface area contributed by atoms with E-state index in [1.807, 2.05) is 20.8 Å². The first-order valence-electron chi connectivity index (χ1n) is 10.8. The summed E-state index contributed by atoms with van der Waals surface area (Å²) in [6, 6.07) is 0. The van der Waals surface area contributed by atoms with Crippen LogP contribution in [0.4, 0.5) is 0 Å². The standard InChI is InChI=1S/C23H40O6/c1-22(2,3)28-18-23(4,5)17-26-15-16-27-20(24)13-14-21(25)29-19-11-9-7-6-8-10-12-19/h6-7,19H,8-18H2,1-5H3/b7-6-. The Labute approximate surface area is 176 Å². The fourth-order valence-electron chi connectivity index (χ4n) is 2.78. The maximum Gasteiger partial charge on any atom is 0.306 e. The van der Waals surface area contributed by atoms with Gasteiger partial charge in [0, 0.05) is 5.41 Å². The molecule has 0 bridgehead atoms. The Morgan fingerprint density at radius 3 is 2.31 bits per heavy atom. The molecule has 168 valence electrons. The van der Waals surface area contributed by atoms with Crippen LogP contribution in [-0.4, -0.2) is 50.1 Å². The molecule has 0 aliphatic heterocycles. The van der Waals surface area contributed by atoms with Crippen molar-refractivity contribution < 1.29 is 28.5 Å². The molecular weight excluding hydrogens is 372 g/mol. The second kappa shape index (κ2) is 13.0. The summed E-state index contributed by atoms with van der Waals surface area (Å²) in [5.41, 5.74) is -0.297. The summed E-state index contributed by atoms with van der Waals surface area (Å²) in [4.78, 5) is 23.7.